The fraction of sp³-hybridized carbons (Fsp3) is 0.278. The minimum Gasteiger partial charge on any atom is -0.465 e. The quantitative estimate of drug-likeness (QED) is 0.850. The summed E-state index contributed by atoms with van der Waals surface area (Å²) in [5.74, 6) is -0.769. The maximum Gasteiger partial charge on any atom is 0.337 e. The fourth-order valence-corrected chi connectivity index (χ4v) is 3.59. The second kappa shape index (κ2) is 7.16. The Balaban J connectivity index is 1.95. The Morgan fingerprint density at radius 2 is 2.08 bits per heavy atom. The second-order valence-electron chi connectivity index (χ2n) is 5.70. The number of hydrogen-bond acceptors (Lipinski definition) is 6. The summed E-state index contributed by atoms with van der Waals surface area (Å²) in [5, 5.41) is 12.2. The van der Waals surface area contributed by atoms with E-state index < -0.39 is 5.97 Å². The minimum atomic E-state index is -0.544. The lowest BCUT2D eigenvalue weighted by Gasteiger charge is -2.20. The van der Waals surface area contributed by atoms with Crippen LogP contribution < -0.4 is 0 Å². The molecule has 0 radical (unpaired) electrons. The lowest BCUT2D eigenvalue weighted by atomic mass is 10.0. The van der Waals surface area contributed by atoms with Crippen molar-refractivity contribution in [1.29, 1.82) is 0 Å². The number of nitrogens with zero attached hydrogens (tertiary/aromatic N) is 2. The molecule has 2 aromatic rings. The van der Waals surface area contributed by atoms with E-state index in [-0.39, 0.29) is 18.1 Å². The van der Waals surface area contributed by atoms with Gasteiger partial charge in [0.1, 0.15) is 5.01 Å². The fourth-order valence-electron chi connectivity index (χ4n) is 2.74. The molecule has 2 heterocycles. The number of rotatable bonds is 4. The van der Waals surface area contributed by atoms with Gasteiger partial charge in [0.2, 0.25) is 0 Å². The summed E-state index contributed by atoms with van der Waals surface area (Å²) in [6, 6.07) is 4.61. The lowest BCUT2D eigenvalue weighted by molar-refractivity contribution is 0.0600. The minimum absolute atomic E-state index is 0.225. The molecule has 1 N–H and O–H groups in total. The predicted octanol–water partition coefficient (Wildman–Crippen LogP) is 2.62. The van der Waals surface area contributed by atoms with Gasteiger partial charge in [0, 0.05) is 23.2 Å². The van der Waals surface area contributed by atoms with Crippen LogP contribution in [0.1, 0.15) is 43.4 Å². The van der Waals surface area contributed by atoms with E-state index in [0.29, 0.717) is 17.7 Å². The number of amides is 1. The standard InChI is InChI=1S/C18H18N2O4S/c1-11-10-25-16(19-11)15-4-3-5-20(15)17(22)13-6-12(9-21)7-14(8-13)18(23)24-2/h4,6-8,10,21H,3,5,9H2,1-2H3. The highest BCUT2D eigenvalue weighted by molar-refractivity contribution is 7.10. The first-order valence-corrected chi connectivity index (χ1v) is 8.69. The molecule has 0 unspecified atom stereocenters. The number of methoxy groups -OCH3 is 1. The van der Waals surface area contributed by atoms with Gasteiger partial charge in [0.25, 0.3) is 5.91 Å². The maximum absolute atomic E-state index is 13.0. The Labute approximate surface area is 149 Å². The van der Waals surface area contributed by atoms with Crippen LogP contribution in [0, 0.1) is 6.92 Å². The first-order chi connectivity index (χ1) is 12.0. The summed E-state index contributed by atoms with van der Waals surface area (Å²) >= 11 is 1.50. The third-order valence-electron chi connectivity index (χ3n) is 3.91. The van der Waals surface area contributed by atoms with Crippen molar-refractivity contribution in [3.05, 3.63) is 57.0 Å². The predicted molar refractivity (Wildman–Crippen MR) is 94.2 cm³/mol. The molecule has 25 heavy (non-hydrogen) atoms. The number of aryl methyl sites for hydroxylation is 1. The van der Waals surface area contributed by atoms with Crippen molar-refractivity contribution in [3.63, 3.8) is 0 Å². The molecule has 1 aromatic carbocycles. The molecule has 3 rings (SSSR count). The highest BCUT2D eigenvalue weighted by atomic mass is 32.1. The maximum atomic E-state index is 13.0. The van der Waals surface area contributed by atoms with Crippen LogP contribution in [0.5, 0.6) is 0 Å². The van der Waals surface area contributed by atoms with Gasteiger partial charge >= 0.3 is 5.97 Å². The van der Waals surface area contributed by atoms with Gasteiger partial charge in [0.05, 0.1) is 25.0 Å². The highest BCUT2D eigenvalue weighted by Crippen LogP contribution is 2.30. The number of thiazole rings is 1. The number of aliphatic hydroxyl groups excluding tert-OH is 1. The molecule has 0 atom stereocenters. The Bertz CT molecular complexity index is 857. The normalized spacial score (nSPS) is 13.7. The molecule has 1 aromatic heterocycles. The van der Waals surface area contributed by atoms with Crippen LogP contribution in [0.4, 0.5) is 0 Å². The topological polar surface area (TPSA) is 79.7 Å². The zero-order valence-electron chi connectivity index (χ0n) is 14.0. The lowest BCUT2D eigenvalue weighted by Crippen LogP contribution is -2.27. The van der Waals surface area contributed by atoms with Gasteiger partial charge in [-0.05, 0) is 37.1 Å². The number of carbonyl (C=O) groups is 2. The number of aromatic nitrogens is 1. The molecule has 7 heteroatoms. The zero-order chi connectivity index (χ0) is 18.0. The molecule has 0 saturated carbocycles. The van der Waals surface area contributed by atoms with Crippen LogP contribution in [0.3, 0.4) is 0 Å². The number of esters is 1. The molecular weight excluding hydrogens is 340 g/mol. The van der Waals surface area contributed by atoms with Crippen LogP contribution in [-0.4, -0.2) is 40.5 Å². The molecule has 130 valence electrons. The molecule has 0 spiro atoms. The van der Waals surface area contributed by atoms with E-state index in [4.69, 9.17) is 4.74 Å². The van der Waals surface area contributed by atoms with Gasteiger partial charge in [-0.15, -0.1) is 11.3 Å². The van der Waals surface area contributed by atoms with Gasteiger partial charge in [-0.25, -0.2) is 9.78 Å². The average Bonchev–Trinajstić information content (AvgIpc) is 3.28. The van der Waals surface area contributed by atoms with Crippen molar-refractivity contribution in [2.24, 2.45) is 0 Å². The SMILES string of the molecule is COC(=O)c1cc(CO)cc(C(=O)N2CCC=C2c2nc(C)cs2)c1. The van der Waals surface area contributed by atoms with Crippen LogP contribution >= 0.6 is 11.3 Å². The van der Waals surface area contributed by atoms with E-state index in [1.54, 1.807) is 11.0 Å². The first-order valence-electron chi connectivity index (χ1n) is 7.81. The highest BCUT2D eigenvalue weighted by Gasteiger charge is 2.27. The number of hydrogen-bond donors (Lipinski definition) is 1. The van der Waals surface area contributed by atoms with E-state index in [2.05, 4.69) is 4.98 Å². The van der Waals surface area contributed by atoms with Crippen molar-refractivity contribution in [2.75, 3.05) is 13.7 Å². The van der Waals surface area contributed by atoms with Crippen molar-refractivity contribution >= 4 is 28.9 Å². The van der Waals surface area contributed by atoms with Crippen molar-refractivity contribution in [2.45, 2.75) is 20.0 Å². The summed E-state index contributed by atoms with van der Waals surface area (Å²) < 4.78 is 4.72. The van der Waals surface area contributed by atoms with Crippen molar-refractivity contribution < 1.29 is 19.4 Å². The number of benzene rings is 1. The van der Waals surface area contributed by atoms with E-state index >= 15 is 0 Å². The van der Waals surface area contributed by atoms with E-state index in [1.165, 1.54) is 30.6 Å². The van der Waals surface area contributed by atoms with E-state index in [0.717, 1.165) is 22.8 Å². The summed E-state index contributed by atoms with van der Waals surface area (Å²) in [5.41, 5.74) is 2.77. The summed E-state index contributed by atoms with van der Waals surface area (Å²) in [6.45, 7) is 2.21. The molecular formula is C18H18N2O4S. The smallest absolute Gasteiger partial charge is 0.337 e. The van der Waals surface area contributed by atoms with Crippen LogP contribution in [0.15, 0.2) is 29.7 Å². The molecule has 0 bridgehead atoms. The monoisotopic (exact) mass is 358 g/mol. The number of aliphatic hydroxyl groups is 1. The van der Waals surface area contributed by atoms with Gasteiger partial charge in [0.15, 0.2) is 0 Å². The Morgan fingerprint density at radius 3 is 2.72 bits per heavy atom. The Kier molecular flexibility index (Phi) is 4.96. The average molecular weight is 358 g/mol. The zero-order valence-corrected chi connectivity index (χ0v) is 14.8. The number of ether oxygens (including phenoxy) is 1. The molecule has 1 amide bonds. The molecule has 1 aliphatic heterocycles. The third kappa shape index (κ3) is 3.47. The van der Waals surface area contributed by atoms with Crippen molar-refractivity contribution in [1.82, 2.24) is 9.88 Å². The second-order valence-corrected chi connectivity index (χ2v) is 6.56. The van der Waals surface area contributed by atoms with E-state index in [1.807, 2.05) is 18.4 Å². The summed E-state index contributed by atoms with van der Waals surface area (Å²) in [7, 11) is 1.28. The molecule has 0 aliphatic carbocycles. The number of carbonyl (C=O) groups excluding carboxylic acids is 2. The molecule has 1 aliphatic rings. The molecule has 0 fully saturated rings. The van der Waals surface area contributed by atoms with Crippen LogP contribution in [0.2, 0.25) is 0 Å². The molecule has 0 saturated heterocycles. The van der Waals surface area contributed by atoms with E-state index in [9.17, 15) is 14.7 Å². The Morgan fingerprint density at radius 1 is 1.32 bits per heavy atom. The van der Waals surface area contributed by atoms with Gasteiger partial charge < -0.3 is 14.7 Å². The van der Waals surface area contributed by atoms with Crippen LogP contribution in [-0.2, 0) is 11.3 Å². The Hall–Kier alpha value is -2.51. The third-order valence-corrected chi connectivity index (χ3v) is 4.89. The van der Waals surface area contributed by atoms with Gasteiger partial charge in [-0.3, -0.25) is 4.79 Å². The summed E-state index contributed by atoms with van der Waals surface area (Å²) in [4.78, 5) is 30.9. The largest absolute Gasteiger partial charge is 0.465 e. The van der Waals surface area contributed by atoms with Crippen molar-refractivity contribution in [3.8, 4) is 0 Å². The molecule has 6 nitrogen and oxygen atoms in total. The van der Waals surface area contributed by atoms with Gasteiger partial charge in [-0.1, -0.05) is 6.08 Å². The van der Waals surface area contributed by atoms with Gasteiger partial charge in [-0.2, -0.15) is 0 Å². The summed E-state index contributed by atoms with van der Waals surface area (Å²) in [6.07, 6.45) is 2.75. The first kappa shape index (κ1) is 17.3. The van der Waals surface area contributed by atoms with Crippen LogP contribution in [0.25, 0.3) is 5.70 Å².